The maximum Gasteiger partial charge on any atom is 0.320 e. The second kappa shape index (κ2) is 11.5. The molecule has 0 radical (unpaired) electrons. The van der Waals surface area contributed by atoms with Crippen molar-refractivity contribution in [2.24, 2.45) is 5.92 Å². The van der Waals surface area contributed by atoms with E-state index in [1.54, 1.807) is 0 Å². The fourth-order valence-corrected chi connectivity index (χ4v) is 5.72. The van der Waals surface area contributed by atoms with Crippen molar-refractivity contribution in [1.82, 2.24) is 5.32 Å². The van der Waals surface area contributed by atoms with Crippen molar-refractivity contribution in [3.05, 3.63) is 35.9 Å². The predicted octanol–water partition coefficient (Wildman–Crippen LogP) is 1.20. The van der Waals surface area contributed by atoms with Gasteiger partial charge in [0.1, 0.15) is 12.1 Å². The number of hydrogen-bond donors (Lipinski definition) is 6. The lowest BCUT2D eigenvalue weighted by Crippen LogP contribution is -2.56. The molecule has 2 unspecified atom stereocenters. The molecule has 2 rings (SSSR count). The number of aliphatic hydroxyl groups is 4. The smallest absolute Gasteiger partial charge is 0.320 e. The molecule has 1 aromatic rings. The molecule has 8 heteroatoms. The topological polar surface area (TPSA) is 130 Å². The van der Waals surface area contributed by atoms with Gasteiger partial charge in [0, 0.05) is 11.3 Å². The third-order valence-corrected chi connectivity index (χ3v) is 7.35. The molecule has 0 aromatic heterocycles. The Bertz CT molecular complexity index is 658. The Morgan fingerprint density at radius 3 is 2.20 bits per heavy atom. The summed E-state index contributed by atoms with van der Waals surface area (Å²) >= 11 is 1.28. The van der Waals surface area contributed by atoms with Gasteiger partial charge in [-0.05, 0) is 37.2 Å². The SMILES string of the molecule is CC(C)C[C@H](NC(C)CC(c1ccccc1)[C@@H]1S[C@H](CO)[C@H](O)[C@H](O)[C@H]1O)C(=O)O. The van der Waals surface area contributed by atoms with Crippen LogP contribution in [0.3, 0.4) is 0 Å². The maximum absolute atomic E-state index is 11.6. The Labute approximate surface area is 182 Å². The quantitative estimate of drug-likeness (QED) is 0.319. The zero-order valence-electron chi connectivity index (χ0n) is 17.8. The van der Waals surface area contributed by atoms with Crippen molar-refractivity contribution in [3.63, 3.8) is 0 Å². The van der Waals surface area contributed by atoms with Gasteiger partial charge in [-0.25, -0.2) is 0 Å². The number of thioether (sulfide) groups is 1. The molecule has 6 N–H and O–H groups in total. The van der Waals surface area contributed by atoms with Gasteiger partial charge in [-0.15, -0.1) is 11.8 Å². The van der Waals surface area contributed by atoms with E-state index in [0.29, 0.717) is 12.8 Å². The summed E-state index contributed by atoms with van der Waals surface area (Å²) in [6.07, 6.45) is -2.69. The number of aliphatic carboxylic acids is 1. The highest BCUT2D eigenvalue weighted by molar-refractivity contribution is 8.00. The molecule has 0 spiro atoms. The Morgan fingerprint density at radius 2 is 1.67 bits per heavy atom. The average molecular weight is 442 g/mol. The van der Waals surface area contributed by atoms with Gasteiger partial charge in [-0.2, -0.15) is 0 Å². The van der Waals surface area contributed by atoms with Crippen LogP contribution < -0.4 is 5.32 Å². The van der Waals surface area contributed by atoms with Crippen molar-refractivity contribution in [2.45, 2.75) is 80.4 Å². The van der Waals surface area contributed by atoms with E-state index in [1.807, 2.05) is 51.1 Å². The van der Waals surface area contributed by atoms with Crippen molar-refractivity contribution in [1.29, 1.82) is 0 Å². The Hall–Kier alpha value is -1.16. The molecular weight excluding hydrogens is 406 g/mol. The zero-order chi connectivity index (χ0) is 22.4. The minimum absolute atomic E-state index is 0.167. The summed E-state index contributed by atoms with van der Waals surface area (Å²) in [5.74, 6) is -0.871. The van der Waals surface area contributed by atoms with Crippen LogP contribution in [-0.2, 0) is 4.79 Å². The van der Waals surface area contributed by atoms with Crippen LogP contribution in [-0.4, -0.2) is 79.0 Å². The second-order valence-corrected chi connectivity index (χ2v) is 10.1. The first-order valence-corrected chi connectivity index (χ1v) is 11.4. The molecule has 30 heavy (non-hydrogen) atoms. The molecule has 170 valence electrons. The molecule has 0 amide bonds. The molecule has 1 heterocycles. The monoisotopic (exact) mass is 441 g/mol. The number of benzene rings is 1. The summed E-state index contributed by atoms with van der Waals surface area (Å²) in [5.41, 5.74) is 0.957. The summed E-state index contributed by atoms with van der Waals surface area (Å²) in [6.45, 7) is 5.56. The van der Waals surface area contributed by atoms with Gasteiger partial charge in [-0.3, -0.25) is 4.79 Å². The van der Waals surface area contributed by atoms with Gasteiger partial charge in [0.2, 0.25) is 0 Å². The summed E-state index contributed by atoms with van der Waals surface area (Å²) in [6, 6.07) is 8.74. The minimum Gasteiger partial charge on any atom is -0.480 e. The molecule has 1 saturated heterocycles. The largest absolute Gasteiger partial charge is 0.480 e. The molecule has 0 saturated carbocycles. The summed E-state index contributed by atoms with van der Waals surface area (Å²) in [5, 5.41) is 52.5. The van der Waals surface area contributed by atoms with E-state index in [1.165, 1.54) is 11.8 Å². The molecule has 0 aliphatic carbocycles. The van der Waals surface area contributed by atoms with Gasteiger partial charge in [-0.1, -0.05) is 44.2 Å². The van der Waals surface area contributed by atoms with Gasteiger partial charge in [0.15, 0.2) is 0 Å². The van der Waals surface area contributed by atoms with E-state index in [4.69, 9.17) is 0 Å². The molecule has 8 atom stereocenters. The molecule has 1 aliphatic heterocycles. The number of carbonyl (C=O) groups is 1. The van der Waals surface area contributed by atoms with Crippen LogP contribution in [0.25, 0.3) is 0 Å². The van der Waals surface area contributed by atoms with Crippen LogP contribution in [0.2, 0.25) is 0 Å². The molecule has 0 bridgehead atoms. The summed E-state index contributed by atoms with van der Waals surface area (Å²) in [4.78, 5) is 11.6. The molecule has 7 nitrogen and oxygen atoms in total. The fourth-order valence-electron chi connectivity index (χ4n) is 4.13. The normalized spacial score (nSPS) is 30.1. The van der Waals surface area contributed by atoms with Crippen molar-refractivity contribution < 1.29 is 30.3 Å². The van der Waals surface area contributed by atoms with Crippen molar-refractivity contribution in [2.75, 3.05) is 6.61 Å². The van der Waals surface area contributed by atoms with Gasteiger partial charge < -0.3 is 30.8 Å². The highest BCUT2D eigenvalue weighted by atomic mass is 32.2. The summed E-state index contributed by atoms with van der Waals surface area (Å²) in [7, 11) is 0. The van der Waals surface area contributed by atoms with E-state index in [-0.39, 0.29) is 24.5 Å². The minimum atomic E-state index is -1.35. The molecule has 1 aromatic carbocycles. The fraction of sp³-hybridized carbons (Fsp3) is 0.682. The van der Waals surface area contributed by atoms with Crippen LogP contribution in [0.1, 0.15) is 45.1 Å². The number of hydrogen-bond acceptors (Lipinski definition) is 7. The van der Waals surface area contributed by atoms with Gasteiger partial charge in [0.25, 0.3) is 0 Å². The molecular formula is C22H35NO6S. The lowest BCUT2D eigenvalue weighted by molar-refractivity contribution is -0.140. The standard InChI is InChI=1S/C22H35NO6S/c1-12(2)9-16(22(28)29)23-13(3)10-15(14-7-5-4-6-8-14)21-20(27)19(26)18(25)17(11-24)30-21/h4-8,12-13,15-21,23-27H,9-11H2,1-3H3,(H,28,29)/t13?,15?,16-,17+,18-,19-,20+,21-/m0/s1. The zero-order valence-corrected chi connectivity index (χ0v) is 18.6. The highest BCUT2D eigenvalue weighted by Crippen LogP contribution is 2.42. The Morgan fingerprint density at radius 1 is 1.03 bits per heavy atom. The number of nitrogens with one attached hydrogen (secondary N) is 1. The van der Waals surface area contributed by atoms with Crippen LogP contribution in [0.15, 0.2) is 30.3 Å². The van der Waals surface area contributed by atoms with E-state index in [0.717, 1.165) is 5.56 Å². The van der Waals surface area contributed by atoms with Crippen LogP contribution in [0.5, 0.6) is 0 Å². The van der Waals surface area contributed by atoms with Gasteiger partial charge >= 0.3 is 5.97 Å². The lowest BCUT2D eigenvalue weighted by Gasteiger charge is -2.43. The van der Waals surface area contributed by atoms with Crippen LogP contribution in [0.4, 0.5) is 0 Å². The van der Waals surface area contributed by atoms with E-state index < -0.39 is 40.8 Å². The third kappa shape index (κ3) is 6.42. The number of rotatable bonds is 10. The van der Waals surface area contributed by atoms with Gasteiger partial charge in [0.05, 0.1) is 24.1 Å². The first-order valence-electron chi connectivity index (χ1n) is 10.5. The third-order valence-electron chi connectivity index (χ3n) is 5.65. The highest BCUT2D eigenvalue weighted by Gasteiger charge is 2.46. The first kappa shape index (κ1) is 25.1. The average Bonchev–Trinajstić information content (AvgIpc) is 2.70. The van der Waals surface area contributed by atoms with Crippen LogP contribution in [0, 0.1) is 5.92 Å². The number of carboxylic acid groups (broad SMARTS) is 1. The Balaban J connectivity index is 2.25. The van der Waals surface area contributed by atoms with Crippen LogP contribution >= 0.6 is 11.8 Å². The molecule has 1 aliphatic rings. The van der Waals surface area contributed by atoms with E-state index >= 15 is 0 Å². The van der Waals surface area contributed by atoms with E-state index in [2.05, 4.69) is 5.32 Å². The Kier molecular flexibility index (Phi) is 9.59. The summed E-state index contributed by atoms with van der Waals surface area (Å²) < 4.78 is 0. The number of carboxylic acids is 1. The maximum atomic E-state index is 11.6. The van der Waals surface area contributed by atoms with E-state index in [9.17, 15) is 30.3 Å². The second-order valence-electron chi connectivity index (χ2n) is 8.63. The predicted molar refractivity (Wildman–Crippen MR) is 118 cm³/mol. The first-order chi connectivity index (χ1) is 14.1. The van der Waals surface area contributed by atoms with Crippen molar-refractivity contribution >= 4 is 17.7 Å². The number of aliphatic hydroxyl groups excluding tert-OH is 4. The van der Waals surface area contributed by atoms with Crippen molar-refractivity contribution in [3.8, 4) is 0 Å². The lowest BCUT2D eigenvalue weighted by atomic mass is 9.84. The molecule has 1 fully saturated rings.